The fraction of sp³-hybridized carbons (Fsp3) is 0.300. The van der Waals surface area contributed by atoms with Gasteiger partial charge in [-0.3, -0.25) is 0 Å². The van der Waals surface area contributed by atoms with E-state index in [0.717, 1.165) is 33.5 Å². The molecule has 0 atom stereocenters. The van der Waals surface area contributed by atoms with E-state index in [9.17, 15) is 0 Å². The normalized spacial score (nSPS) is 13.1. The number of fused-ring (bicyclic) bond motifs is 2. The fourth-order valence-electron chi connectivity index (χ4n) is 3.32. The quantitative estimate of drug-likeness (QED) is 0.253. The van der Waals surface area contributed by atoms with Crippen molar-refractivity contribution in [2.24, 2.45) is 8.73 Å². The van der Waals surface area contributed by atoms with Crippen molar-refractivity contribution in [2.75, 3.05) is 0 Å². The first-order chi connectivity index (χ1) is 13.5. The second kappa shape index (κ2) is 7.11. The summed E-state index contributed by atoms with van der Waals surface area (Å²) in [5, 5.41) is 0. The van der Waals surface area contributed by atoms with E-state index in [1.54, 1.807) is 0 Å². The molecule has 0 fully saturated rings. The Morgan fingerprint density at radius 1 is 0.714 bits per heavy atom. The van der Waals surface area contributed by atoms with Crippen LogP contribution in [0.1, 0.15) is 49.3 Å². The van der Waals surface area contributed by atoms with Crippen LogP contribution in [-0.2, 0) is 11.4 Å². The second-order valence-corrected chi connectivity index (χ2v) is 11.3. The zero-order chi connectivity index (χ0) is 19.4. The summed E-state index contributed by atoms with van der Waals surface area (Å²) in [5.41, 5.74) is 6.17. The van der Waals surface area contributed by atoms with Crippen molar-refractivity contribution >= 4 is 71.4 Å². The van der Waals surface area contributed by atoms with Crippen LogP contribution >= 0.6 is 22.7 Å². The Morgan fingerprint density at radius 3 is 1.57 bits per heavy atom. The van der Waals surface area contributed by atoms with Crippen LogP contribution in [0, 0.1) is 0 Å². The van der Waals surface area contributed by atoms with E-state index >= 15 is 0 Å². The number of nitrogens with zero attached hydrogens (tertiary/aromatic N) is 4. The predicted octanol–water partition coefficient (Wildman–Crippen LogP) is 7.12. The van der Waals surface area contributed by atoms with Crippen molar-refractivity contribution in [2.45, 2.75) is 39.5 Å². The molecule has 0 saturated carbocycles. The van der Waals surface area contributed by atoms with E-state index in [2.05, 4.69) is 52.0 Å². The summed E-state index contributed by atoms with van der Waals surface area (Å²) in [4.78, 5) is 5.19. The molecule has 0 aliphatic carbocycles. The van der Waals surface area contributed by atoms with Crippen LogP contribution in [0.25, 0.3) is 31.9 Å². The molecule has 0 spiro atoms. The molecule has 0 amide bonds. The number of thiophene rings is 2. The Bertz CT molecular complexity index is 1180. The Morgan fingerprint density at radius 2 is 1.18 bits per heavy atom. The van der Waals surface area contributed by atoms with Gasteiger partial charge in [0.15, 0.2) is 0 Å². The van der Waals surface area contributed by atoms with Crippen LogP contribution in [0.15, 0.2) is 33.0 Å². The van der Waals surface area contributed by atoms with E-state index in [0.29, 0.717) is 11.8 Å². The fourth-order valence-corrected chi connectivity index (χ4v) is 7.17. The summed E-state index contributed by atoms with van der Waals surface area (Å²) in [6, 6.07) is 8.86. The molecule has 4 aromatic rings. The van der Waals surface area contributed by atoms with Crippen LogP contribution < -0.4 is 0 Å². The summed E-state index contributed by atoms with van der Waals surface area (Å²) in [5.74, 6) is 1.03. The van der Waals surface area contributed by atoms with Gasteiger partial charge in [0.2, 0.25) is 0 Å². The van der Waals surface area contributed by atoms with Gasteiger partial charge in [-0.15, -0.1) is 0 Å². The van der Waals surface area contributed by atoms with Gasteiger partial charge in [0, 0.05) is 0 Å². The van der Waals surface area contributed by atoms with Crippen LogP contribution in [-0.4, -0.2) is 22.9 Å². The first-order valence-corrected chi connectivity index (χ1v) is 13.0. The third-order valence-electron chi connectivity index (χ3n) is 4.81. The molecule has 142 valence electrons. The van der Waals surface area contributed by atoms with E-state index in [4.69, 9.17) is 16.7 Å². The molecule has 4 nitrogen and oxygen atoms in total. The number of hydrogen-bond acceptors (Lipinski definition) is 6. The molecule has 4 heterocycles. The predicted molar refractivity (Wildman–Crippen MR) is 123 cm³/mol. The van der Waals surface area contributed by atoms with E-state index in [1.807, 2.05) is 22.7 Å². The van der Waals surface area contributed by atoms with Gasteiger partial charge >= 0.3 is 183 Å². The topological polar surface area (TPSA) is 50.5 Å². The zero-order valence-corrected chi connectivity index (χ0v) is 20.0. The Labute approximate surface area is 181 Å². The van der Waals surface area contributed by atoms with Crippen molar-refractivity contribution in [3.05, 3.63) is 34.0 Å². The maximum atomic E-state index is 4.83. The van der Waals surface area contributed by atoms with Gasteiger partial charge in [0.05, 0.1) is 0 Å². The van der Waals surface area contributed by atoms with Crippen molar-refractivity contribution in [3.8, 4) is 20.9 Å². The molecular weight excluding hydrogens is 471 g/mol. The third kappa shape index (κ3) is 2.90. The number of rotatable bonds is 4. The molecule has 1 aromatic carbocycles. The van der Waals surface area contributed by atoms with Crippen LogP contribution in [0.5, 0.6) is 0 Å². The van der Waals surface area contributed by atoms with Gasteiger partial charge < -0.3 is 0 Å². The molecule has 5 rings (SSSR count). The van der Waals surface area contributed by atoms with Gasteiger partial charge in [-0.05, 0) is 0 Å². The number of aromatic nitrogens is 2. The van der Waals surface area contributed by atoms with Crippen LogP contribution in [0.3, 0.4) is 0 Å². The van der Waals surface area contributed by atoms with Gasteiger partial charge in [0.1, 0.15) is 0 Å². The van der Waals surface area contributed by atoms with Crippen LogP contribution in [0.2, 0.25) is 0 Å². The van der Waals surface area contributed by atoms with Gasteiger partial charge in [-0.1, -0.05) is 0 Å². The summed E-state index contributed by atoms with van der Waals surface area (Å²) in [6.45, 7) is 8.92. The Hall–Kier alpha value is -1.44. The minimum absolute atomic E-state index is 0.107. The molecule has 0 N–H and O–H groups in total. The van der Waals surface area contributed by atoms with Crippen molar-refractivity contribution in [1.82, 2.24) is 7.96 Å². The first-order valence-electron chi connectivity index (χ1n) is 9.15. The molecule has 1 aliphatic rings. The van der Waals surface area contributed by atoms with Crippen molar-refractivity contribution < 1.29 is 0 Å². The maximum absolute atomic E-state index is 4.83. The van der Waals surface area contributed by atoms with Gasteiger partial charge in [-0.2, -0.15) is 0 Å². The average Bonchev–Trinajstić information content (AvgIpc) is 3.45. The SMILES string of the molecule is CC(C)c1ccc(-c2c3c(c(-c4ccc(C(C)C)s4)c4n[se]nc24)N=S=N3)s1. The molecule has 8 heteroatoms. The summed E-state index contributed by atoms with van der Waals surface area (Å²) >= 11 is 4.84. The monoisotopic (exact) mass is 490 g/mol. The molecule has 3 aromatic heterocycles. The molecule has 28 heavy (non-hydrogen) atoms. The van der Waals surface area contributed by atoms with Crippen LogP contribution in [0.4, 0.5) is 11.4 Å². The molecule has 0 radical (unpaired) electrons. The summed E-state index contributed by atoms with van der Waals surface area (Å²) in [7, 11) is 0. The van der Waals surface area contributed by atoms with E-state index < -0.39 is 0 Å². The third-order valence-corrected chi connectivity index (χ3v) is 9.25. The Balaban J connectivity index is 1.79. The van der Waals surface area contributed by atoms with E-state index in [1.165, 1.54) is 30.9 Å². The van der Waals surface area contributed by atoms with Gasteiger partial charge in [-0.25, -0.2) is 0 Å². The minimum atomic E-state index is -0.107. The average molecular weight is 490 g/mol. The van der Waals surface area contributed by atoms with E-state index in [-0.39, 0.29) is 15.0 Å². The molecule has 0 bridgehead atoms. The zero-order valence-electron chi connectivity index (χ0n) is 15.9. The number of hydrogen-bond donors (Lipinski definition) is 0. The standard InChI is InChI=1S/C20H18N4S3Se/c1-9(2)11-5-7-13(25-11)15-17-18(22-27-21-17)16(20-19(15)23-28-24-20)14-8-6-12(26-14)10(3)4/h5-10H,1-4H3. The molecule has 0 saturated heterocycles. The summed E-state index contributed by atoms with van der Waals surface area (Å²) in [6.07, 6.45) is 0. The summed E-state index contributed by atoms with van der Waals surface area (Å²) < 4.78 is 19.1. The first kappa shape index (κ1) is 18.6. The molecule has 0 unspecified atom stereocenters. The second-order valence-electron chi connectivity index (χ2n) is 7.39. The number of benzene rings is 1. The van der Waals surface area contributed by atoms with Crippen molar-refractivity contribution in [1.29, 1.82) is 0 Å². The Kier molecular flexibility index (Phi) is 4.72. The molecular formula is C20H18N4S3Se. The molecule has 1 aliphatic heterocycles. The van der Waals surface area contributed by atoms with Gasteiger partial charge in [0.25, 0.3) is 0 Å². The van der Waals surface area contributed by atoms with Crippen molar-refractivity contribution in [3.63, 3.8) is 0 Å².